The molecule has 0 aromatic heterocycles. The average molecular weight is 218 g/mol. The zero-order chi connectivity index (χ0) is 11.1. The summed E-state index contributed by atoms with van der Waals surface area (Å²) in [5.41, 5.74) is 5.38. The summed E-state index contributed by atoms with van der Waals surface area (Å²) in [5.74, 6) is 0. The molecule has 2 saturated carbocycles. The Hall–Kier alpha value is -0.590. The third-order valence-electron chi connectivity index (χ3n) is 4.61. The second kappa shape index (κ2) is 4.01. The number of fused-ring (bicyclic) bond motifs is 2. The summed E-state index contributed by atoms with van der Waals surface area (Å²) in [6.07, 6.45) is 11.3. The predicted octanol–water partition coefficient (Wildman–Crippen LogP) is 3.68. The normalized spacial score (nSPS) is 29.8. The molecule has 0 saturated heterocycles. The Morgan fingerprint density at radius 2 is 1.75 bits per heavy atom. The monoisotopic (exact) mass is 218 g/mol. The predicted molar refractivity (Wildman–Crippen MR) is 68.2 cm³/mol. The van der Waals surface area contributed by atoms with Crippen LogP contribution in [0.3, 0.4) is 0 Å². The van der Waals surface area contributed by atoms with E-state index < -0.39 is 0 Å². The van der Waals surface area contributed by atoms with Crippen molar-refractivity contribution in [2.45, 2.75) is 77.3 Å². The van der Waals surface area contributed by atoms with Crippen LogP contribution in [0, 0.1) is 0 Å². The van der Waals surface area contributed by atoms with Gasteiger partial charge in [-0.2, -0.15) is 0 Å². The second-order valence-corrected chi connectivity index (χ2v) is 5.92. The first-order chi connectivity index (χ1) is 7.79. The van der Waals surface area contributed by atoms with E-state index in [1.807, 2.05) is 5.57 Å². The van der Waals surface area contributed by atoms with Crippen LogP contribution in [-0.2, 0) is 0 Å². The maximum atomic E-state index is 2.77. The molecule has 0 aromatic carbocycles. The minimum absolute atomic E-state index is 0.698. The molecule has 2 fully saturated rings. The maximum absolute atomic E-state index is 2.77. The summed E-state index contributed by atoms with van der Waals surface area (Å²) in [6, 6.07) is 1.50. The number of allylic oxidation sites excluding steroid dienone is 1. The van der Waals surface area contributed by atoms with Crippen molar-refractivity contribution in [3.8, 4) is 0 Å². The molecule has 16 heavy (non-hydrogen) atoms. The van der Waals surface area contributed by atoms with E-state index in [-0.39, 0.29) is 0 Å². The lowest BCUT2D eigenvalue weighted by Gasteiger charge is -2.21. The number of hydrogen-bond donors (Lipinski definition) is 0. The fourth-order valence-corrected chi connectivity index (χ4v) is 4.03. The lowest BCUT2D eigenvalue weighted by atomic mass is 9.84. The Labute approximate surface area is 99.2 Å². The zero-order valence-corrected chi connectivity index (χ0v) is 10.8. The molecular formula is C15H24N+. The molecule has 1 nitrogen and oxygen atoms in total. The van der Waals surface area contributed by atoms with Gasteiger partial charge in [-0.3, -0.25) is 0 Å². The van der Waals surface area contributed by atoms with Crippen LogP contribution in [0.5, 0.6) is 0 Å². The van der Waals surface area contributed by atoms with Crippen LogP contribution in [0.1, 0.15) is 65.2 Å². The van der Waals surface area contributed by atoms with Gasteiger partial charge in [0.05, 0.1) is 0 Å². The van der Waals surface area contributed by atoms with E-state index >= 15 is 0 Å². The van der Waals surface area contributed by atoms with Crippen LogP contribution in [-0.4, -0.2) is 22.4 Å². The molecule has 2 aliphatic carbocycles. The van der Waals surface area contributed by atoms with Crippen LogP contribution in [0.2, 0.25) is 0 Å². The summed E-state index contributed by atoms with van der Waals surface area (Å²) in [6.45, 7) is 4.74. The van der Waals surface area contributed by atoms with Gasteiger partial charge in [0.15, 0.2) is 11.8 Å². The van der Waals surface area contributed by atoms with E-state index in [1.165, 1.54) is 51.4 Å². The van der Waals surface area contributed by atoms with Crippen molar-refractivity contribution < 1.29 is 4.58 Å². The highest BCUT2D eigenvalue weighted by Gasteiger charge is 2.42. The molecule has 0 spiro atoms. The molecule has 0 radical (unpaired) electrons. The van der Waals surface area contributed by atoms with Gasteiger partial charge in [0.1, 0.15) is 6.04 Å². The Morgan fingerprint density at radius 3 is 2.56 bits per heavy atom. The Kier molecular flexibility index (Phi) is 2.65. The third-order valence-corrected chi connectivity index (χ3v) is 4.61. The van der Waals surface area contributed by atoms with Crippen LogP contribution in [0.4, 0.5) is 0 Å². The molecule has 88 valence electrons. The van der Waals surface area contributed by atoms with E-state index in [1.54, 1.807) is 11.3 Å². The number of rotatable bonds is 1. The highest BCUT2D eigenvalue weighted by molar-refractivity contribution is 5.99. The van der Waals surface area contributed by atoms with Gasteiger partial charge in [-0.25, -0.2) is 4.58 Å². The minimum atomic E-state index is 0.698. The molecule has 1 heterocycles. The maximum Gasteiger partial charge on any atom is 0.180 e. The van der Waals surface area contributed by atoms with Crippen LogP contribution >= 0.6 is 0 Å². The molecular weight excluding hydrogens is 194 g/mol. The van der Waals surface area contributed by atoms with Gasteiger partial charge in [-0.05, 0) is 52.4 Å². The number of nitrogens with zero attached hydrogens (tertiary/aromatic N) is 1. The fourth-order valence-electron chi connectivity index (χ4n) is 4.03. The van der Waals surface area contributed by atoms with E-state index in [0.29, 0.717) is 6.04 Å². The summed E-state index contributed by atoms with van der Waals surface area (Å²) in [4.78, 5) is 0. The highest BCUT2D eigenvalue weighted by atomic mass is 15.1. The molecule has 1 aliphatic heterocycles. The van der Waals surface area contributed by atoms with E-state index in [0.717, 1.165) is 6.04 Å². The van der Waals surface area contributed by atoms with Gasteiger partial charge in [-0.15, -0.1) is 0 Å². The third kappa shape index (κ3) is 1.48. The standard InChI is InChI=1S/C15H24N/c1-11(2)16-14-9-5-3-7-12(14)13-8-4-6-10-15(13)16/h11,14H,3-10H2,1-2H3/q+1. The van der Waals surface area contributed by atoms with Crippen molar-refractivity contribution in [1.29, 1.82) is 0 Å². The highest BCUT2D eigenvalue weighted by Crippen LogP contribution is 2.39. The molecule has 3 rings (SSSR count). The van der Waals surface area contributed by atoms with E-state index in [4.69, 9.17) is 0 Å². The summed E-state index contributed by atoms with van der Waals surface area (Å²) in [5, 5.41) is 0. The van der Waals surface area contributed by atoms with Gasteiger partial charge < -0.3 is 0 Å². The van der Waals surface area contributed by atoms with Gasteiger partial charge in [0.25, 0.3) is 0 Å². The van der Waals surface area contributed by atoms with Gasteiger partial charge >= 0.3 is 0 Å². The first-order valence-electron chi connectivity index (χ1n) is 7.15. The number of hydrogen-bond acceptors (Lipinski definition) is 0. The molecule has 1 unspecified atom stereocenters. The lowest BCUT2D eigenvalue weighted by Crippen LogP contribution is -2.34. The SMILES string of the molecule is CC(C)[N+]1=C2CCCCC2=C2CCCCC21. The van der Waals surface area contributed by atoms with Crippen molar-refractivity contribution in [3.05, 3.63) is 11.1 Å². The molecule has 1 heteroatoms. The Bertz CT molecular complexity index is 360. The molecule has 0 N–H and O–H groups in total. The zero-order valence-electron chi connectivity index (χ0n) is 10.8. The largest absolute Gasteiger partial charge is 0.224 e. The van der Waals surface area contributed by atoms with Crippen molar-refractivity contribution in [3.63, 3.8) is 0 Å². The molecule has 0 bridgehead atoms. The summed E-state index contributed by atoms with van der Waals surface area (Å²) in [7, 11) is 0. The lowest BCUT2D eigenvalue weighted by molar-refractivity contribution is -0.585. The quantitative estimate of drug-likeness (QED) is 0.591. The van der Waals surface area contributed by atoms with E-state index in [9.17, 15) is 0 Å². The fraction of sp³-hybridized carbons (Fsp3) is 0.800. The van der Waals surface area contributed by atoms with Gasteiger partial charge in [0, 0.05) is 24.0 Å². The van der Waals surface area contributed by atoms with Crippen LogP contribution in [0.25, 0.3) is 0 Å². The summed E-state index contributed by atoms with van der Waals surface area (Å²) >= 11 is 0. The van der Waals surface area contributed by atoms with Crippen LogP contribution in [0.15, 0.2) is 11.1 Å². The summed E-state index contributed by atoms with van der Waals surface area (Å²) < 4.78 is 2.77. The van der Waals surface area contributed by atoms with Crippen molar-refractivity contribution in [1.82, 2.24) is 0 Å². The van der Waals surface area contributed by atoms with Crippen molar-refractivity contribution >= 4 is 5.71 Å². The van der Waals surface area contributed by atoms with Crippen molar-refractivity contribution in [2.75, 3.05) is 0 Å². The first kappa shape index (κ1) is 10.6. The van der Waals surface area contributed by atoms with Gasteiger partial charge in [0.2, 0.25) is 0 Å². The van der Waals surface area contributed by atoms with Crippen molar-refractivity contribution in [2.24, 2.45) is 0 Å². The minimum Gasteiger partial charge on any atom is -0.224 e. The smallest absolute Gasteiger partial charge is 0.180 e. The topological polar surface area (TPSA) is 3.01 Å². The first-order valence-corrected chi connectivity index (χ1v) is 7.15. The molecule has 3 aliphatic rings. The van der Waals surface area contributed by atoms with E-state index in [2.05, 4.69) is 18.4 Å². The average Bonchev–Trinajstić information content (AvgIpc) is 2.63. The van der Waals surface area contributed by atoms with Gasteiger partial charge in [-0.1, -0.05) is 0 Å². The van der Waals surface area contributed by atoms with Crippen LogP contribution < -0.4 is 0 Å². The molecule has 1 atom stereocenters. The molecule has 0 aromatic rings. The molecule has 0 amide bonds. The second-order valence-electron chi connectivity index (χ2n) is 5.92. The Morgan fingerprint density at radius 1 is 1.00 bits per heavy atom. The Balaban J connectivity index is 2.04.